The number of halogens is 1. The first kappa shape index (κ1) is 12.3. The van der Waals surface area contributed by atoms with Crippen molar-refractivity contribution >= 4 is 23.6 Å². The summed E-state index contributed by atoms with van der Waals surface area (Å²) in [5, 5.41) is 0. The Morgan fingerprint density at radius 1 is 0.842 bits per heavy atom. The first-order valence-electron chi connectivity index (χ1n) is 5.77. The van der Waals surface area contributed by atoms with E-state index in [0.717, 1.165) is 25.5 Å². The van der Waals surface area contributed by atoms with Crippen LogP contribution in [-0.4, -0.2) is 4.98 Å². The molecule has 0 atom stereocenters. The largest absolute Gasteiger partial charge is 0.343 e. The minimum Gasteiger partial charge on any atom is -0.343 e. The van der Waals surface area contributed by atoms with Gasteiger partial charge in [0.05, 0.1) is 4.88 Å². The molecule has 0 saturated heterocycles. The Hall–Kier alpha value is -1.78. The van der Waals surface area contributed by atoms with E-state index >= 15 is 0 Å². The van der Waals surface area contributed by atoms with Gasteiger partial charge < -0.3 is 4.98 Å². The zero-order valence-electron chi connectivity index (χ0n) is 9.89. The molecule has 3 aromatic rings. The van der Waals surface area contributed by atoms with Crippen LogP contribution in [0.15, 0.2) is 54.7 Å². The molecule has 0 aliphatic rings. The minimum absolute atomic E-state index is 0.215. The number of benzene rings is 2. The van der Waals surface area contributed by atoms with Crippen LogP contribution in [0, 0.1) is 9.77 Å². The molecule has 4 heteroatoms. The second kappa shape index (κ2) is 5.07. The molecule has 1 aromatic heterocycles. The van der Waals surface area contributed by atoms with Crippen LogP contribution in [0.25, 0.3) is 21.6 Å². The average Bonchev–Trinajstić information content (AvgIpc) is 2.87. The van der Waals surface area contributed by atoms with Crippen LogP contribution in [0.4, 0.5) is 4.39 Å². The molecule has 0 bridgehead atoms. The number of aromatic nitrogens is 1. The first-order valence-corrected chi connectivity index (χ1v) is 7.00. The van der Waals surface area contributed by atoms with E-state index in [1.165, 1.54) is 12.1 Å². The van der Waals surface area contributed by atoms with Gasteiger partial charge in [0.1, 0.15) is 5.82 Å². The van der Waals surface area contributed by atoms with E-state index in [-0.39, 0.29) is 5.82 Å². The number of nitrogens with one attached hydrogen (secondary N) is 1. The van der Waals surface area contributed by atoms with E-state index < -0.39 is 0 Å². The number of hydrogen-bond acceptors (Lipinski definition) is 2. The van der Waals surface area contributed by atoms with Gasteiger partial charge >= 0.3 is 0 Å². The van der Waals surface area contributed by atoms with Crippen LogP contribution in [0.3, 0.4) is 0 Å². The maximum Gasteiger partial charge on any atom is 0.158 e. The molecule has 0 fully saturated rings. The Labute approximate surface area is 119 Å². The van der Waals surface area contributed by atoms with Gasteiger partial charge in [0, 0.05) is 6.20 Å². The fourth-order valence-corrected chi connectivity index (χ4v) is 2.91. The Kier molecular flexibility index (Phi) is 3.27. The van der Waals surface area contributed by atoms with Crippen molar-refractivity contribution in [3.63, 3.8) is 0 Å². The number of hydrogen-bond donors (Lipinski definition) is 1. The van der Waals surface area contributed by atoms with Gasteiger partial charge in [-0.15, -0.1) is 11.3 Å². The van der Waals surface area contributed by atoms with Crippen LogP contribution in [0.5, 0.6) is 0 Å². The van der Waals surface area contributed by atoms with Gasteiger partial charge in [-0.1, -0.05) is 36.4 Å². The molecule has 0 spiro atoms. The highest BCUT2D eigenvalue weighted by molar-refractivity contribution is 7.73. The van der Waals surface area contributed by atoms with Gasteiger partial charge in [-0.05, 0) is 41.0 Å². The maximum atomic E-state index is 12.9. The molecule has 0 radical (unpaired) electrons. The predicted octanol–water partition coefficient (Wildman–Crippen LogP) is 5.28. The van der Waals surface area contributed by atoms with Crippen molar-refractivity contribution in [3.8, 4) is 21.6 Å². The van der Waals surface area contributed by atoms with Gasteiger partial charge in [0.15, 0.2) is 3.95 Å². The van der Waals surface area contributed by atoms with Gasteiger partial charge in [0.25, 0.3) is 0 Å². The summed E-state index contributed by atoms with van der Waals surface area (Å²) in [5.74, 6) is -0.215. The van der Waals surface area contributed by atoms with Crippen molar-refractivity contribution in [2.45, 2.75) is 0 Å². The fraction of sp³-hybridized carbons (Fsp3) is 0. The van der Waals surface area contributed by atoms with E-state index in [2.05, 4.69) is 4.98 Å². The zero-order valence-corrected chi connectivity index (χ0v) is 11.5. The highest BCUT2D eigenvalue weighted by Gasteiger charge is 2.02. The van der Waals surface area contributed by atoms with E-state index in [1.807, 2.05) is 30.5 Å². The lowest BCUT2D eigenvalue weighted by atomic mass is 10.0. The standard InChI is InChI=1S/C15H10FNS2/c16-13-7-5-11(6-8-13)10-1-3-12(4-2-10)14-9-17-15(18)19-14/h1-9H,(H,17,18). The summed E-state index contributed by atoms with van der Waals surface area (Å²) in [6, 6.07) is 14.7. The molecule has 0 amide bonds. The fourth-order valence-electron chi connectivity index (χ4n) is 1.89. The third-order valence-electron chi connectivity index (χ3n) is 2.87. The van der Waals surface area contributed by atoms with E-state index in [4.69, 9.17) is 12.2 Å². The highest BCUT2D eigenvalue weighted by atomic mass is 32.1. The summed E-state index contributed by atoms with van der Waals surface area (Å²) in [4.78, 5) is 4.13. The van der Waals surface area contributed by atoms with Crippen LogP contribution < -0.4 is 0 Å². The molecule has 0 aliphatic carbocycles. The van der Waals surface area contributed by atoms with Crippen LogP contribution in [-0.2, 0) is 0 Å². The van der Waals surface area contributed by atoms with Gasteiger partial charge in [-0.25, -0.2) is 4.39 Å². The molecular weight excluding hydrogens is 277 g/mol. The van der Waals surface area contributed by atoms with E-state index in [1.54, 1.807) is 23.5 Å². The lowest BCUT2D eigenvalue weighted by molar-refractivity contribution is 0.628. The third-order valence-corrected chi connectivity index (χ3v) is 4.12. The Balaban J connectivity index is 1.94. The Morgan fingerprint density at radius 3 is 1.89 bits per heavy atom. The highest BCUT2D eigenvalue weighted by Crippen LogP contribution is 2.27. The molecule has 1 nitrogen and oxygen atoms in total. The summed E-state index contributed by atoms with van der Waals surface area (Å²) < 4.78 is 13.7. The number of rotatable bonds is 2. The van der Waals surface area contributed by atoms with Crippen LogP contribution in [0.2, 0.25) is 0 Å². The lowest BCUT2D eigenvalue weighted by Crippen LogP contribution is -1.79. The second-order valence-corrected chi connectivity index (χ2v) is 5.85. The minimum atomic E-state index is -0.215. The molecule has 0 saturated carbocycles. The summed E-state index contributed by atoms with van der Waals surface area (Å²) in [6.07, 6.45) is 1.92. The van der Waals surface area contributed by atoms with Crippen molar-refractivity contribution in [2.24, 2.45) is 0 Å². The summed E-state index contributed by atoms with van der Waals surface area (Å²) in [5.41, 5.74) is 3.21. The third kappa shape index (κ3) is 2.64. The second-order valence-electron chi connectivity index (χ2n) is 4.13. The van der Waals surface area contributed by atoms with Crippen molar-refractivity contribution in [2.75, 3.05) is 0 Å². The quantitative estimate of drug-likeness (QED) is 0.634. The Bertz CT molecular complexity index is 739. The molecule has 0 unspecified atom stereocenters. The normalized spacial score (nSPS) is 10.6. The van der Waals surface area contributed by atoms with Crippen molar-refractivity contribution < 1.29 is 4.39 Å². The van der Waals surface area contributed by atoms with Gasteiger partial charge in [-0.3, -0.25) is 0 Å². The molecule has 94 valence electrons. The van der Waals surface area contributed by atoms with Crippen molar-refractivity contribution in [3.05, 3.63) is 64.5 Å². The summed E-state index contributed by atoms with van der Waals surface area (Å²) in [6.45, 7) is 0. The van der Waals surface area contributed by atoms with E-state index in [0.29, 0.717) is 0 Å². The molecule has 1 N–H and O–H groups in total. The predicted molar refractivity (Wildman–Crippen MR) is 80.3 cm³/mol. The molecule has 19 heavy (non-hydrogen) atoms. The molecular formula is C15H10FNS2. The van der Waals surface area contributed by atoms with Gasteiger partial charge in [0.2, 0.25) is 0 Å². The van der Waals surface area contributed by atoms with Crippen molar-refractivity contribution in [1.82, 2.24) is 4.98 Å². The van der Waals surface area contributed by atoms with Crippen molar-refractivity contribution in [1.29, 1.82) is 0 Å². The molecule has 0 aliphatic heterocycles. The maximum absolute atomic E-state index is 12.9. The average molecular weight is 287 g/mol. The number of aromatic amines is 1. The monoisotopic (exact) mass is 287 g/mol. The molecule has 2 aromatic carbocycles. The van der Waals surface area contributed by atoms with E-state index in [9.17, 15) is 4.39 Å². The van der Waals surface area contributed by atoms with Crippen LogP contribution >= 0.6 is 23.6 Å². The topological polar surface area (TPSA) is 15.8 Å². The number of thiazole rings is 1. The SMILES string of the molecule is Fc1ccc(-c2ccc(-c3c[nH]c(=S)s3)cc2)cc1. The summed E-state index contributed by atoms with van der Waals surface area (Å²) >= 11 is 6.63. The smallest absolute Gasteiger partial charge is 0.158 e. The lowest BCUT2D eigenvalue weighted by Gasteiger charge is -2.03. The van der Waals surface area contributed by atoms with Crippen LogP contribution in [0.1, 0.15) is 0 Å². The summed E-state index contributed by atoms with van der Waals surface area (Å²) in [7, 11) is 0. The van der Waals surface area contributed by atoms with Gasteiger partial charge in [-0.2, -0.15) is 0 Å². The Morgan fingerprint density at radius 2 is 1.37 bits per heavy atom. The zero-order chi connectivity index (χ0) is 13.2. The number of H-pyrrole nitrogens is 1. The first-order chi connectivity index (χ1) is 9.22. The molecule has 3 rings (SSSR count). The molecule has 1 heterocycles.